The maximum atomic E-state index is 7.53. The molecule has 17 heavy (non-hydrogen) atoms. The quantitative estimate of drug-likeness (QED) is 0.530. The molecule has 0 spiro atoms. The summed E-state index contributed by atoms with van der Waals surface area (Å²) in [6.45, 7) is 8.76. The summed E-state index contributed by atoms with van der Waals surface area (Å²) in [6, 6.07) is 0.746. The molecule has 1 fully saturated rings. The van der Waals surface area contributed by atoms with Gasteiger partial charge in [-0.2, -0.15) is 0 Å². The summed E-state index contributed by atoms with van der Waals surface area (Å²) in [5, 5.41) is 7.53. The zero-order chi connectivity index (χ0) is 12.8. The van der Waals surface area contributed by atoms with E-state index in [1.807, 2.05) is 0 Å². The van der Waals surface area contributed by atoms with E-state index in [-0.39, 0.29) is 5.92 Å². The van der Waals surface area contributed by atoms with Gasteiger partial charge in [0.25, 0.3) is 0 Å². The minimum absolute atomic E-state index is 0.197. The molecule has 100 valence electrons. The van der Waals surface area contributed by atoms with Crippen molar-refractivity contribution in [3.05, 3.63) is 0 Å². The molecule has 0 aliphatic heterocycles. The van der Waals surface area contributed by atoms with E-state index in [9.17, 15) is 0 Å². The van der Waals surface area contributed by atoms with Gasteiger partial charge in [-0.25, -0.2) is 0 Å². The lowest BCUT2D eigenvalue weighted by Gasteiger charge is -2.31. The summed E-state index contributed by atoms with van der Waals surface area (Å²) in [7, 11) is 0. The van der Waals surface area contributed by atoms with Crippen molar-refractivity contribution in [3.63, 3.8) is 0 Å². The van der Waals surface area contributed by atoms with Crippen LogP contribution in [-0.4, -0.2) is 29.9 Å². The third-order valence-electron chi connectivity index (χ3n) is 3.87. The summed E-state index contributed by atoms with van der Waals surface area (Å²) in [5.41, 5.74) is 5.60. The molecule has 0 aromatic rings. The van der Waals surface area contributed by atoms with E-state index in [1.54, 1.807) is 0 Å². The SMILES string of the molecule is CC(C)CCN(CC(C)C(=N)N)C1CCCC1. The summed E-state index contributed by atoms with van der Waals surface area (Å²) in [6.07, 6.45) is 6.67. The van der Waals surface area contributed by atoms with E-state index in [0.717, 1.165) is 18.5 Å². The largest absolute Gasteiger partial charge is 0.387 e. The molecular formula is C14H29N3. The van der Waals surface area contributed by atoms with Gasteiger partial charge in [0, 0.05) is 18.5 Å². The van der Waals surface area contributed by atoms with E-state index in [4.69, 9.17) is 11.1 Å². The van der Waals surface area contributed by atoms with Crippen LogP contribution in [0.15, 0.2) is 0 Å². The Bertz CT molecular complexity index is 232. The molecular weight excluding hydrogens is 210 g/mol. The number of rotatable bonds is 7. The van der Waals surface area contributed by atoms with Gasteiger partial charge in [0.15, 0.2) is 0 Å². The van der Waals surface area contributed by atoms with Gasteiger partial charge < -0.3 is 5.73 Å². The van der Waals surface area contributed by atoms with Crippen LogP contribution in [0.1, 0.15) is 52.9 Å². The highest BCUT2D eigenvalue weighted by molar-refractivity contribution is 5.79. The Kier molecular flexibility index (Phi) is 5.96. The molecule has 3 nitrogen and oxygen atoms in total. The maximum Gasteiger partial charge on any atom is 0.0947 e. The van der Waals surface area contributed by atoms with Gasteiger partial charge in [0.05, 0.1) is 5.84 Å². The minimum Gasteiger partial charge on any atom is -0.387 e. The molecule has 3 heteroatoms. The van der Waals surface area contributed by atoms with Crippen LogP contribution in [0.4, 0.5) is 0 Å². The second-order valence-electron chi connectivity index (χ2n) is 5.97. The highest BCUT2D eigenvalue weighted by Gasteiger charge is 2.24. The van der Waals surface area contributed by atoms with E-state index in [2.05, 4.69) is 25.7 Å². The van der Waals surface area contributed by atoms with Crippen LogP contribution in [0.2, 0.25) is 0 Å². The van der Waals surface area contributed by atoms with Crippen LogP contribution in [0.3, 0.4) is 0 Å². The van der Waals surface area contributed by atoms with Gasteiger partial charge in [-0.05, 0) is 31.7 Å². The molecule has 0 heterocycles. The van der Waals surface area contributed by atoms with Crippen LogP contribution in [0.5, 0.6) is 0 Å². The first-order valence-electron chi connectivity index (χ1n) is 7.08. The number of amidine groups is 1. The predicted molar refractivity (Wildman–Crippen MR) is 74.4 cm³/mol. The summed E-state index contributed by atoms with van der Waals surface area (Å²) in [4.78, 5) is 2.58. The topological polar surface area (TPSA) is 53.1 Å². The lowest BCUT2D eigenvalue weighted by Crippen LogP contribution is -2.40. The molecule has 1 aliphatic carbocycles. The monoisotopic (exact) mass is 239 g/mol. The smallest absolute Gasteiger partial charge is 0.0947 e. The third-order valence-corrected chi connectivity index (χ3v) is 3.87. The van der Waals surface area contributed by atoms with Crippen LogP contribution in [0, 0.1) is 17.2 Å². The van der Waals surface area contributed by atoms with Crippen molar-refractivity contribution in [1.29, 1.82) is 5.41 Å². The van der Waals surface area contributed by atoms with Crippen molar-refractivity contribution >= 4 is 5.84 Å². The first kappa shape index (κ1) is 14.5. The zero-order valence-electron chi connectivity index (χ0n) is 11.7. The third kappa shape index (κ3) is 5.07. The van der Waals surface area contributed by atoms with E-state index in [0.29, 0.717) is 5.84 Å². The molecule has 0 saturated heterocycles. The minimum atomic E-state index is 0.197. The Labute approximate surface area is 106 Å². The van der Waals surface area contributed by atoms with E-state index in [1.165, 1.54) is 38.6 Å². The van der Waals surface area contributed by atoms with Crippen molar-refractivity contribution in [2.24, 2.45) is 17.6 Å². The Morgan fingerprint density at radius 3 is 2.35 bits per heavy atom. The van der Waals surface area contributed by atoms with Gasteiger partial charge in [-0.3, -0.25) is 10.3 Å². The Morgan fingerprint density at radius 1 is 1.29 bits per heavy atom. The molecule has 0 amide bonds. The molecule has 1 atom stereocenters. The zero-order valence-corrected chi connectivity index (χ0v) is 11.7. The second kappa shape index (κ2) is 7.00. The van der Waals surface area contributed by atoms with Crippen LogP contribution in [0.25, 0.3) is 0 Å². The second-order valence-corrected chi connectivity index (χ2v) is 5.97. The van der Waals surface area contributed by atoms with Gasteiger partial charge in [0.2, 0.25) is 0 Å². The van der Waals surface area contributed by atoms with Crippen molar-refractivity contribution in [2.45, 2.75) is 58.9 Å². The number of nitrogens with one attached hydrogen (secondary N) is 1. The lowest BCUT2D eigenvalue weighted by atomic mass is 10.1. The highest BCUT2D eigenvalue weighted by Crippen LogP contribution is 2.24. The molecule has 0 radical (unpaired) electrons. The van der Waals surface area contributed by atoms with Crippen LogP contribution < -0.4 is 5.73 Å². The molecule has 1 rings (SSSR count). The van der Waals surface area contributed by atoms with Crippen LogP contribution >= 0.6 is 0 Å². The number of nitrogens with zero attached hydrogens (tertiary/aromatic N) is 1. The van der Waals surface area contributed by atoms with Crippen molar-refractivity contribution < 1.29 is 0 Å². The summed E-state index contributed by atoms with van der Waals surface area (Å²) >= 11 is 0. The normalized spacial score (nSPS) is 19.1. The lowest BCUT2D eigenvalue weighted by molar-refractivity contribution is 0.177. The number of hydrogen-bond donors (Lipinski definition) is 2. The summed E-state index contributed by atoms with van der Waals surface area (Å²) in [5.74, 6) is 1.28. The molecule has 1 saturated carbocycles. The molecule has 0 bridgehead atoms. The Balaban J connectivity index is 2.48. The maximum absolute atomic E-state index is 7.53. The number of nitrogens with two attached hydrogens (primary N) is 1. The van der Waals surface area contributed by atoms with Gasteiger partial charge in [-0.15, -0.1) is 0 Å². The molecule has 1 unspecified atom stereocenters. The van der Waals surface area contributed by atoms with Crippen LogP contribution in [-0.2, 0) is 0 Å². The fraction of sp³-hybridized carbons (Fsp3) is 0.929. The average molecular weight is 239 g/mol. The van der Waals surface area contributed by atoms with Gasteiger partial charge in [-0.1, -0.05) is 33.6 Å². The van der Waals surface area contributed by atoms with E-state index >= 15 is 0 Å². The first-order valence-corrected chi connectivity index (χ1v) is 7.08. The fourth-order valence-electron chi connectivity index (χ4n) is 2.57. The van der Waals surface area contributed by atoms with Crippen molar-refractivity contribution in [2.75, 3.05) is 13.1 Å². The average Bonchev–Trinajstić information content (AvgIpc) is 2.76. The number of hydrogen-bond acceptors (Lipinski definition) is 2. The predicted octanol–water partition coefficient (Wildman–Crippen LogP) is 2.85. The van der Waals surface area contributed by atoms with E-state index < -0.39 is 0 Å². The summed E-state index contributed by atoms with van der Waals surface area (Å²) < 4.78 is 0. The molecule has 0 aromatic heterocycles. The van der Waals surface area contributed by atoms with Gasteiger partial charge >= 0.3 is 0 Å². The standard InChI is InChI=1S/C14H29N3/c1-11(2)8-9-17(10-12(3)14(15)16)13-6-4-5-7-13/h11-13H,4-10H2,1-3H3,(H3,15,16). The fourth-order valence-corrected chi connectivity index (χ4v) is 2.57. The first-order chi connectivity index (χ1) is 8.00. The van der Waals surface area contributed by atoms with Crippen molar-refractivity contribution in [3.8, 4) is 0 Å². The highest BCUT2D eigenvalue weighted by atomic mass is 15.2. The molecule has 3 N–H and O–H groups in total. The Hall–Kier alpha value is -0.570. The Morgan fingerprint density at radius 2 is 1.88 bits per heavy atom. The van der Waals surface area contributed by atoms with Crippen molar-refractivity contribution in [1.82, 2.24) is 4.90 Å². The molecule has 0 aromatic carbocycles. The molecule has 1 aliphatic rings. The van der Waals surface area contributed by atoms with Gasteiger partial charge in [0.1, 0.15) is 0 Å².